The molecule has 0 aliphatic heterocycles. The number of hydrogen-bond donors (Lipinski definition) is 1. The molecule has 1 N–H and O–H groups in total. The molecule has 0 radical (unpaired) electrons. The number of anilines is 1. The molecule has 0 atom stereocenters. The van der Waals surface area contributed by atoms with E-state index in [1.165, 1.54) is 6.08 Å². The molecule has 2 heterocycles. The molecule has 0 spiro atoms. The van der Waals surface area contributed by atoms with Gasteiger partial charge in [-0.3, -0.25) is 9.78 Å². The summed E-state index contributed by atoms with van der Waals surface area (Å²) in [5.41, 5.74) is 0.670. The monoisotopic (exact) mass is 400 g/mol. The zero-order valence-corrected chi connectivity index (χ0v) is 14.9. The van der Waals surface area contributed by atoms with Crippen LogP contribution in [0.1, 0.15) is 4.88 Å². The number of hydrogen-bond acceptors (Lipinski definition) is 4. The van der Waals surface area contributed by atoms with Crippen molar-refractivity contribution in [1.82, 2.24) is 4.98 Å². The van der Waals surface area contributed by atoms with Gasteiger partial charge in [-0.25, -0.2) is 0 Å². The maximum atomic E-state index is 12.0. The number of nitrogens with one attached hydrogen (secondary N) is 1. The quantitative estimate of drug-likeness (QED) is 0.587. The molecule has 1 aromatic carbocycles. The molecule has 0 saturated heterocycles. The summed E-state index contributed by atoms with van der Waals surface area (Å²) in [5.74, 6) is 1.14. The topological polar surface area (TPSA) is 51.2 Å². The van der Waals surface area contributed by atoms with Crippen LogP contribution in [0.25, 0.3) is 6.08 Å². The number of pyridine rings is 1. The SMILES string of the molecule is O=C(/C=C/c1ccc(Br)s1)Nc1cccc(Oc2ccncc2)c1. The normalized spacial score (nSPS) is 10.7. The first kappa shape index (κ1) is 16.4. The lowest BCUT2D eigenvalue weighted by atomic mass is 10.3. The van der Waals surface area contributed by atoms with E-state index in [1.54, 1.807) is 48.0 Å². The van der Waals surface area contributed by atoms with Gasteiger partial charge in [0.25, 0.3) is 0 Å². The lowest BCUT2D eigenvalue weighted by Gasteiger charge is -2.07. The van der Waals surface area contributed by atoms with Crippen molar-refractivity contribution in [3.8, 4) is 11.5 Å². The van der Waals surface area contributed by atoms with Crippen molar-refractivity contribution in [2.75, 3.05) is 5.32 Å². The van der Waals surface area contributed by atoms with Crippen molar-refractivity contribution in [2.24, 2.45) is 0 Å². The molecule has 6 heteroatoms. The van der Waals surface area contributed by atoms with Gasteiger partial charge in [0.2, 0.25) is 5.91 Å². The van der Waals surface area contributed by atoms with Crippen LogP contribution in [0.15, 0.2) is 70.8 Å². The third kappa shape index (κ3) is 4.78. The Morgan fingerprint density at radius 2 is 1.96 bits per heavy atom. The Labute approximate surface area is 152 Å². The summed E-state index contributed by atoms with van der Waals surface area (Å²) in [6.45, 7) is 0. The summed E-state index contributed by atoms with van der Waals surface area (Å²) in [4.78, 5) is 17.0. The molecule has 3 aromatic rings. The molecule has 0 bridgehead atoms. The van der Waals surface area contributed by atoms with Crippen LogP contribution in [0.3, 0.4) is 0 Å². The van der Waals surface area contributed by atoms with Crippen LogP contribution in [0.2, 0.25) is 0 Å². The molecule has 120 valence electrons. The number of aromatic nitrogens is 1. The first-order valence-corrected chi connectivity index (χ1v) is 8.72. The number of ether oxygens (including phenoxy) is 1. The average Bonchev–Trinajstić information content (AvgIpc) is 3.00. The highest BCUT2D eigenvalue weighted by Gasteiger charge is 2.02. The second kappa shape index (κ2) is 7.90. The van der Waals surface area contributed by atoms with Crippen molar-refractivity contribution in [2.45, 2.75) is 0 Å². The summed E-state index contributed by atoms with van der Waals surface area (Å²) in [6, 6.07) is 14.7. The number of amides is 1. The van der Waals surface area contributed by atoms with Crippen LogP contribution < -0.4 is 10.1 Å². The fourth-order valence-corrected chi connectivity index (χ4v) is 3.27. The van der Waals surface area contributed by atoms with Crippen LogP contribution in [0.5, 0.6) is 11.5 Å². The Morgan fingerprint density at radius 1 is 1.12 bits per heavy atom. The van der Waals surface area contributed by atoms with Gasteiger partial charge in [0.15, 0.2) is 0 Å². The van der Waals surface area contributed by atoms with Crippen molar-refractivity contribution < 1.29 is 9.53 Å². The van der Waals surface area contributed by atoms with Crippen LogP contribution in [0, 0.1) is 0 Å². The smallest absolute Gasteiger partial charge is 0.248 e. The zero-order valence-electron chi connectivity index (χ0n) is 12.5. The summed E-state index contributed by atoms with van der Waals surface area (Å²) < 4.78 is 6.75. The second-order valence-electron chi connectivity index (χ2n) is 4.78. The molecule has 0 saturated carbocycles. The van der Waals surface area contributed by atoms with Crippen molar-refractivity contribution in [3.63, 3.8) is 0 Å². The van der Waals surface area contributed by atoms with Gasteiger partial charge in [0, 0.05) is 35.1 Å². The van der Waals surface area contributed by atoms with E-state index in [0.29, 0.717) is 17.2 Å². The van der Waals surface area contributed by atoms with Crippen molar-refractivity contribution >= 4 is 44.9 Å². The van der Waals surface area contributed by atoms with Crippen LogP contribution in [-0.2, 0) is 4.79 Å². The summed E-state index contributed by atoms with van der Waals surface area (Å²) >= 11 is 4.96. The van der Waals surface area contributed by atoms with Gasteiger partial charge in [0.1, 0.15) is 11.5 Å². The number of thiophene rings is 1. The van der Waals surface area contributed by atoms with Gasteiger partial charge >= 0.3 is 0 Å². The summed E-state index contributed by atoms with van der Waals surface area (Å²) in [7, 11) is 0. The predicted molar refractivity (Wildman–Crippen MR) is 100 cm³/mol. The molecule has 0 aliphatic rings. The lowest BCUT2D eigenvalue weighted by molar-refractivity contribution is -0.111. The minimum atomic E-state index is -0.194. The Kier molecular flexibility index (Phi) is 5.40. The maximum absolute atomic E-state index is 12.0. The van der Waals surface area contributed by atoms with Crippen molar-refractivity contribution in [1.29, 1.82) is 0 Å². The molecule has 3 rings (SSSR count). The van der Waals surface area contributed by atoms with Crippen LogP contribution >= 0.6 is 27.3 Å². The van der Waals surface area contributed by atoms with Crippen LogP contribution in [-0.4, -0.2) is 10.9 Å². The Hall–Kier alpha value is -2.44. The van der Waals surface area contributed by atoms with Gasteiger partial charge in [-0.2, -0.15) is 0 Å². The van der Waals surface area contributed by atoms with E-state index >= 15 is 0 Å². The minimum absolute atomic E-state index is 0.194. The lowest BCUT2D eigenvalue weighted by Crippen LogP contribution is -2.07. The third-order valence-corrected chi connectivity index (χ3v) is 4.57. The molecular formula is C18H13BrN2O2S. The summed E-state index contributed by atoms with van der Waals surface area (Å²) in [5, 5.41) is 2.82. The molecule has 4 nitrogen and oxygen atoms in total. The molecular weight excluding hydrogens is 388 g/mol. The van der Waals surface area contributed by atoms with E-state index in [2.05, 4.69) is 26.2 Å². The molecule has 0 fully saturated rings. The number of halogens is 1. The molecule has 0 aliphatic carbocycles. The van der Waals surface area contributed by atoms with Crippen LogP contribution in [0.4, 0.5) is 5.69 Å². The highest BCUT2D eigenvalue weighted by Crippen LogP contribution is 2.24. The minimum Gasteiger partial charge on any atom is -0.457 e. The first-order chi connectivity index (χ1) is 11.7. The van der Waals surface area contributed by atoms with Gasteiger partial charge in [-0.05, 0) is 58.4 Å². The maximum Gasteiger partial charge on any atom is 0.248 e. The van der Waals surface area contributed by atoms with E-state index in [4.69, 9.17) is 4.74 Å². The fraction of sp³-hybridized carbons (Fsp3) is 0. The van der Waals surface area contributed by atoms with Gasteiger partial charge in [-0.1, -0.05) is 6.07 Å². The van der Waals surface area contributed by atoms with Crippen molar-refractivity contribution in [3.05, 3.63) is 75.7 Å². The number of carbonyl (C=O) groups excluding carboxylic acids is 1. The highest BCUT2D eigenvalue weighted by atomic mass is 79.9. The first-order valence-electron chi connectivity index (χ1n) is 7.11. The zero-order chi connectivity index (χ0) is 16.8. The number of carbonyl (C=O) groups is 1. The van der Waals surface area contributed by atoms with Gasteiger partial charge < -0.3 is 10.1 Å². The van der Waals surface area contributed by atoms with E-state index in [-0.39, 0.29) is 5.91 Å². The average molecular weight is 401 g/mol. The third-order valence-electron chi connectivity index (χ3n) is 2.98. The van der Waals surface area contributed by atoms with E-state index in [1.807, 2.05) is 30.3 Å². The molecule has 0 unspecified atom stereocenters. The molecule has 1 amide bonds. The summed E-state index contributed by atoms with van der Waals surface area (Å²) in [6.07, 6.45) is 6.61. The fourth-order valence-electron chi connectivity index (χ4n) is 1.94. The molecule has 24 heavy (non-hydrogen) atoms. The standard InChI is InChI=1S/C18H13BrN2O2S/c19-17-6-4-16(24-17)5-7-18(22)21-13-2-1-3-15(12-13)23-14-8-10-20-11-9-14/h1-12H,(H,21,22)/b7-5+. The largest absolute Gasteiger partial charge is 0.457 e. The van der Waals surface area contributed by atoms with E-state index in [9.17, 15) is 4.79 Å². The number of benzene rings is 1. The van der Waals surface area contributed by atoms with E-state index < -0.39 is 0 Å². The van der Waals surface area contributed by atoms with Gasteiger partial charge in [-0.15, -0.1) is 11.3 Å². The Morgan fingerprint density at radius 3 is 2.71 bits per heavy atom. The van der Waals surface area contributed by atoms with E-state index in [0.717, 1.165) is 8.66 Å². The van der Waals surface area contributed by atoms with Gasteiger partial charge in [0.05, 0.1) is 3.79 Å². The number of nitrogens with zero attached hydrogens (tertiary/aromatic N) is 1. The Balaban J connectivity index is 1.63. The highest BCUT2D eigenvalue weighted by molar-refractivity contribution is 9.11. The second-order valence-corrected chi connectivity index (χ2v) is 7.27. The Bertz CT molecular complexity index is 862. The predicted octanol–water partition coefficient (Wildman–Crippen LogP) is 5.35. The number of rotatable bonds is 5. The molecule has 2 aromatic heterocycles.